The van der Waals surface area contributed by atoms with Crippen LogP contribution in [0.3, 0.4) is 0 Å². The van der Waals surface area contributed by atoms with E-state index in [4.69, 9.17) is 0 Å². The fourth-order valence-electron chi connectivity index (χ4n) is 2.27. The van der Waals surface area contributed by atoms with Gasteiger partial charge >= 0.3 is 5.97 Å². The number of ether oxygens (including phenoxy) is 1. The van der Waals surface area contributed by atoms with Crippen molar-refractivity contribution in [2.24, 2.45) is 0 Å². The number of rotatable bonds is 6. The molecule has 7 heteroatoms. The average molecular weight is 341 g/mol. The van der Waals surface area contributed by atoms with E-state index in [1.165, 1.54) is 25.1 Å². The summed E-state index contributed by atoms with van der Waals surface area (Å²) in [5.41, 5.74) is 1.36. The van der Waals surface area contributed by atoms with E-state index in [0.717, 1.165) is 0 Å². The molecule has 0 spiro atoms. The zero-order valence-corrected chi connectivity index (χ0v) is 14.1. The molecule has 0 aliphatic heterocycles. The topological polar surface area (TPSA) is 88.6 Å². The number of anilines is 1. The highest BCUT2D eigenvalue weighted by molar-refractivity contribution is 5.96. The number of benzene rings is 1. The molecule has 1 heterocycles. The Balaban J connectivity index is 2.03. The van der Waals surface area contributed by atoms with Crippen LogP contribution < -0.4 is 10.2 Å². The first-order chi connectivity index (χ1) is 12.0. The lowest BCUT2D eigenvalue weighted by atomic mass is 10.2. The summed E-state index contributed by atoms with van der Waals surface area (Å²) >= 11 is 0. The van der Waals surface area contributed by atoms with Crippen LogP contribution in [0.2, 0.25) is 0 Å². The molecule has 7 nitrogen and oxygen atoms in total. The maximum absolute atomic E-state index is 12.0. The van der Waals surface area contributed by atoms with Gasteiger partial charge in [0.2, 0.25) is 5.91 Å². The number of carbonyl (C=O) groups is 3. The third-order valence-electron chi connectivity index (χ3n) is 3.50. The molecule has 0 bridgehead atoms. The van der Waals surface area contributed by atoms with E-state index in [1.807, 2.05) is 0 Å². The second-order valence-corrected chi connectivity index (χ2v) is 5.21. The van der Waals surface area contributed by atoms with Gasteiger partial charge in [-0.15, -0.1) is 0 Å². The fraction of sp³-hybridized carbons (Fsp3) is 0.222. The van der Waals surface area contributed by atoms with Crippen LogP contribution in [0.1, 0.15) is 27.6 Å². The summed E-state index contributed by atoms with van der Waals surface area (Å²) in [4.78, 5) is 40.9. The highest BCUT2D eigenvalue weighted by Gasteiger charge is 2.14. The largest absolute Gasteiger partial charge is 0.465 e. The van der Waals surface area contributed by atoms with Gasteiger partial charge in [-0.3, -0.25) is 14.6 Å². The molecule has 0 saturated heterocycles. The molecule has 2 aromatic rings. The zero-order chi connectivity index (χ0) is 18.2. The quantitative estimate of drug-likeness (QED) is 0.807. The van der Waals surface area contributed by atoms with Crippen LogP contribution in [0.25, 0.3) is 0 Å². The van der Waals surface area contributed by atoms with Crippen molar-refractivity contribution >= 4 is 23.5 Å². The van der Waals surface area contributed by atoms with Gasteiger partial charge in [-0.1, -0.05) is 6.07 Å². The smallest absolute Gasteiger partial charge is 0.337 e. The lowest BCUT2D eigenvalue weighted by Crippen LogP contribution is -2.37. The number of nitrogens with zero attached hydrogens (tertiary/aromatic N) is 2. The lowest BCUT2D eigenvalue weighted by molar-refractivity contribution is -0.116. The van der Waals surface area contributed by atoms with Crippen molar-refractivity contribution in [3.8, 4) is 0 Å². The molecule has 130 valence electrons. The van der Waals surface area contributed by atoms with Crippen LogP contribution >= 0.6 is 0 Å². The van der Waals surface area contributed by atoms with Crippen LogP contribution in [0.4, 0.5) is 5.69 Å². The number of methoxy groups -OCH3 is 1. The Morgan fingerprint density at radius 3 is 2.56 bits per heavy atom. The Hall–Kier alpha value is -3.22. The highest BCUT2D eigenvalue weighted by atomic mass is 16.5. The van der Waals surface area contributed by atoms with Crippen molar-refractivity contribution in [3.05, 3.63) is 59.9 Å². The second-order valence-electron chi connectivity index (χ2n) is 5.21. The maximum atomic E-state index is 12.0. The Kier molecular flexibility index (Phi) is 6.22. The van der Waals surface area contributed by atoms with Gasteiger partial charge in [0.05, 0.1) is 18.2 Å². The van der Waals surface area contributed by atoms with Gasteiger partial charge in [-0.05, 0) is 30.3 Å². The van der Waals surface area contributed by atoms with E-state index in [0.29, 0.717) is 16.8 Å². The van der Waals surface area contributed by atoms with Crippen molar-refractivity contribution in [1.29, 1.82) is 0 Å². The van der Waals surface area contributed by atoms with E-state index >= 15 is 0 Å². The van der Waals surface area contributed by atoms with Crippen LogP contribution in [-0.4, -0.2) is 43.0 Å². The summed E-state index contributed by atoms with van der Waals surface area (Å²) < 4.78 is 4.69. The van der Waals surface area contributed by atoms with Gasteiger partial charge in [0.25, 0.3) is 5.91 Å². The lowest BCUT2D eigenvalue weighted by Gasteiger charge is -2.22. The van der Waals surface area contributed by atoms with Gasteiger partial charge in [0, 0.05) is 38.1 Å². The van der Waals surface area contributed by atoms with Gasteiger partial charge in [-0.2, -0.15) is 0 Å². The monoisotopic (exact) mass is 341 g/mol. The van der Waals surface area contributed by atoms with Gasteiger partial charge in [-0.25, -0.2) is 4.79 Å². The molecule has 1 aromatic heterocycles. The van der Waals surface area contributed by atoms with E-state index in [9.17, 15) is 14.4 Å². The molecule has 2 rings (SSSR count). The first-order valence-corrected chi connectivity index (χ1v) is 7.67. The number of hydrogen-bond donors (Lipinski definition) is 1. The Bertz CT molecular complexity index is 762. The minimum atomic E-state index is -0.477. The molecule has 0 aliphatic rings. The standard InChI is InChI=1S/C18H19N3O4/c1-13(22)21(16-7-3-5-14(11-16)18(24)25-2)10-9-20-17(23)15-6-4-8-19-12-15/h3-8,11-12H,9-10H2,1-2H3,(H,20,23). The molecule has 0 atom stereocenters. The maximum Gasteiger partial charge on any atom is 0.337 e. The number of nitrogens with one attached hydrogen (secondary N) is 1. The molecule has 2 amide bonds. The Morgan fingerprint density at radius 2 is 1.92 bits per heavy atom. The fourth-order valence-corrected chi connectivity index (χ4v) is 2.27. The Morgan fingerprint density at radius 1 is 1.16 bits per heavy atom. The van der Waals surface area contributed by atoms with E-state index in [-0.39, 0.29) is 24.9 Å². The number of amides is 2. The minimum absolute atomic E-state index is 0.197. The van der Waals surface area contributed by atoms with Crippen LogP contribution in [-0.2, 0) is 9.53 Å². The number of aromatic nitrogens is 1. The van der Waals surface area contributed by atoms with Crippen LogP contribution in [0.5, 0.6) is 0 Å². The summed E-state index contributed by atoms with van der Waals surface area (Å²) in [6.07, 6.45) is 3.06. The molecule has 0 radical (unpaired) electrons. The third kappa shape index (κ3) is 4.87. The summed E-state index contributed by atoms with van der Waals surface area (Å²) in [6.45, 7) is 1.95. The summed E-state index contributed by atoms with van der Waals surface area (Å²) in [6, 6.07) is 9.91. The normalized spacial score (nSPS) is 10.0. The van der Waals surface area contributed by atoms with Crippen molar-refractivity contribution in [2.75, 3.05) is 25.1 Å². The van der Waals surface area contributed by atoms with E-state index in [2.05, 4.69) is 15.0 Å². The SMILES string of the molecule is COC(=O)c1cccc(N(CCNC(=O)c2cccnc2)C(C)=O)c1. The predicted molar refractivity (Wildman–Crippen MR) is 92.4 cm³/mol. The average Bonchev–Trinajstić information content (AvgIpc) is 2.64. The minimum Gasteiger partial charge on any atom is -0.465 e. The highest BCUT2D eigenvalue weighted by Crippen LogP contribution is 2.17. The molecule has 0 fully saturated rings. The predicted octanol–water partition coefficient (Wildman–Crippen LogP) is 1.65. The van der Waals surface area contributed by atoms with Crippen LogP contribution in [0, 0.1) is 0 Å². The van der Waals surface area contributed by atoms with Crippen LogP contribution in [0.15, 0.2) is 48.8 Å². The molecule has 1 aromatic carbocycles. The first kappa shape index (κ1) is 18.1. The molecule has 25 heavy (non-hydrogen) atoms. The molecule has 0 unspecified atom stereocenters. The number of esters is 1. The molecule has 0 aliphatic carbocycles. The molecule has 1 N–H and O–H groups in total. The summed E-state index contributed by atoms with van der Waals surface area (Å²) in [5, 5.41) is 2.74. The van der Waals surface area contributed by atoms with Crippen molar-refractivity contribution < 1.29 is 19.1 Å². The Labute approximate surface area is 145 Å². The zero-order valence-electron chi connectivity index (χ0n) is 14.1. The number of hydrogen-bond acceptors (Lipinski definition) is 5. The third-order valence-corrected chi connectivity index (χ3v) is 3.50. The first-order valence-electron chi connectivity index (χ1n) is 7.67. The van der Waals surface area contributed by atoms with Crippen molar-refractivity contribution in [2.45, 2.75) is 6.92 Å². The number of pyridine rings is 1. The summed E-state index contributed by atoms with van der Waals surface area (Å²) in [7, 11) is 1.30. The summed E-state index contributed by atoms with van der Waals surface area (Å²) in [5.74, 6) is -0.937. The molecular weight excluding hydrogens is 322 g/mol. The second kappa shape index (κ2) is 8.58. The van der Waals surface area contributed by atoms with Crippen molar-refractivity contribution in [1.82, 2.24) is 10.3 Å². The van der Waals surface area contributed by atoms with Gasteiger partial charge in [0.15, 0.2) is 0 Å². The van der Waals surface area contributed by atoms with E-state index in [1.54, 1.807) is 42.6 Å². The van der Waals surface area contributed by atoms with Gasteiger partial charge < -0.3 is 15.0 Å². The molecule has 0 saturated carbocycles. The molecular formula is C18H19N3O4. The van der Waals surface area contributed by atoms with Crippen molar-refractivity contribution in [3.63, 3.8) is 0 Å². The number of carbonyl (C=O) groups excluding carboxylic acids is 3. The van der Waals surface area contributed by atoms with Gasteiger partial charge in [0.1, 0.15) is 0 Å². The van der Waals surface area contributed by atoms with E-state index < -0.39 is 5.97 Å².